The molecule has 0 bridgehead atoms. The Morgan fingerprint density at radius 3 is 2.10 bits per heavy atom. The molecule has 41 heavy (non-hydrogen) atoms. The number of hydrogen-bond acceptors (Lipinski definition) is 5. The van der Waals surface area contributed by atoms with Gasteiger partial charge in [0, 0.05) is 13.1 Å². The van der Waals surface area contributed by atoms with E-state index in [4.69, 9.17) is 4.74 Å². The summed E-state index contributed by atoms with van der Waals surface area (Å²) in [6.07, 6.45) is 0. The van der Waals surface area contributed by atoms with Crippen molar-refractivity contribution in [1.82, 2.24) is 10.2 Å². The van der Waals surface area contributed by atoms with Gasteiger partial charge in [0.2, 0.25) is 11.8 Å². The topological polar surface area (TPSA) is 96.0 Å². The van der Waals surface area contributed by atoms with Gasteiger partial charge in [-0.2, -0.15) is 0 Å². The number of ether oxygens (including phenoxy) is 1. The number of methoxy groups -OCH3 is 1. The summed E-state index contributed by atoms with van der Waals surface area (Å²) < 4.78 is 34.5. The van der Waals surface area contributed by atoms with Crippen molar-refractivity contribution in [2.45, 2.75) is 59.0 Å². The Balaban J connectivity index is 2.05. The third-order valence-corrected chi connectivity index (χ3v) is 8.51. The number of nitrogens with zero attached hydrogens (tertiary/aromatic N) is 2. The molecule has 0 aliphatic rings. The van der Waals surface area contributed by atoms with Crippen LogP contribution in [0.5, 0.6) is 5.75 Å². The Morgan fingerprint density at radius 2 is 1.51 bits per heavy atom. The minimum Gasteiger partial charge on any atom is -0.497 e. The van der Waals surface area contributed by atoms with Crippen molar-refractivity contribution >= 4 is 27.5 Å². The number of carbonyl (C=O) groups is 2. The van der Waals surface area contributed by atoms with Gasteiger partial charge in [-0.3, -0.25) is 13.9 Å². The Morgan fingerprint density at radius 1 is 0.878 bits per heavy atom. The Labute approximate surface area is 244 Å². The minimum absolute atomic E-state index is 0.0807. The lowest BCUT2D eigenvalue weighted by atomic mass is 10.1. The zero-order valence-electron chi connectivity index (χ0n) is 25.0. The molecule has 0 aliphatic heterocycles. The van der Waals surface area contributed by atoms with Crippen LogP contribution in [0.2, 0.25) is 0 Å². The van der Waals surface area contributed by atoms with Gasteiger partial charge in [0.05, 0.1) is 17.7 Å². The van der Waals surface area contributed by atoms with Crippen LogP contribution in [-0.2, 0) is 26.2 Å². The van der Waals surface area contributed by atoms with E-state index >= 15 is 0 Å². The normalized spacial score (nSPS) is 12.1. The van der Waals surface area contributed by atoms with Crippen LogP contribution in [0.25, 0.3) is 0 Å². The lowest BCUT2D eigenvalue weighted by molar-refractivity contribution is -0.139. The maximum atomic E-state index is 14.1. The molecule has 1 atom stereocenters. The molecule has 0 spiro atoms. The molecule has 1 unspecified atom stereocenters. The summed E-state index contributed by atoms with van der Waals surface area (Å²) >= 11 is 0. The van der Waals surface area contributed by atoms with Gasteiger partial charge in [0.15, 0.2) is 0 Å². The van der Waals surface area contributed by atoms with E-state index in [1.165, 1.54) is 4.90 Å². The fourth-order valence-corrected chi connectivity index (χ4v) is 5.86. The molecule has 220 valence electrons. The third kappa shape index (κ3) is 8.33. The van der Waals surface area contributed by atoms with Crippen LogP contribution in [0.4, 0.5) is 5.69 Å². The van der Waals surface area contributed by atoms with Crippen LogP contribution in [-0.4, -0.2) is 51.4 Å². The van der Waals surface area contributed by atoms with E-state index in [1.54, 1.807) is 62.6 Å². The molecule has 3 aromatic rings. The maximum Gasteiger partial charge on any atom is 0.264 e. The van der Waals surface area contributed by atoms with E-state index in [9.17, 15) is 18.0 Å². The molecule has 0 radical (unpaired) electrons. The molecule has 2 amide bonds. The first-order valence-corrected chi connectivity index (χ1v) is 15.1. The highest BCUT2D eigenvalue weighted by Crippen LogP contribution is 2.27. The summed E-state index contributed by atoms with van der Waals surface area (Å²) in [6.45, 7) is 11.3. The van der Waals surface area contributed by atoms with Gasteiger partial charge in [-0.15, -0.1) is 0 Å². The van der Waals surface area contributed by atoms with Gasteiger partial charge >= 0.3 is 0 Å². The quantitative estimate of drug-likeness (QED) is 0.326. The summed E-state index contributed by atoms with van der Waals surface area (Å²) in [5.41, 5.74) is 3.79. The fraction of sp³-hybridized carbons (Fsp3) is 0.375. The summed E-state index contributed by atoms with van der Waals surface area (Å²) in [4.78, 5) is 28.7. The second-order valence-corrected chi connectivity index (χ2v) is 12.7. The predicted molar refractivity (Wildman–Crippen MR) is 162 cm³/mol. The number of sulfonamides is 1. The molecule has 0 fully saturated rings. The zero-order chi connectivity index (χ0) is 30.3. The lowest BCUT2D eigenvalue weighted by Gasteiger charge is -2.32. The first-order chi connectivity index (χ1) is 19.3. The first kappa shape index (κ1) is 31.7. The van der Waals surface area contributed by atoms with Crippen LogP contribution < -0.4 is 14.4 Å². The highest BCUT2D eigenvalue weighted by molar-refractivity contribution is 7.92. The standard InChI is InChI=1S/C32H41N3O5S/c1-22(2)19-33-32(37)26(6)34(20-27-9-8-10-29(18-27)40-7)31(36)21-35(28-16-24(4)15-25(5)17-28)41(38,39)30-13-11-23(3)12-14-30/h8-18,22,26H,19-21H2,1-7H3,(H,33,37). The van der Waals surface area contributed by atoms with Gasteiger partial charge in [0.1, 0.15) is 18.3 Å². The van der Waals surface area contributed by atoms with Crippen LogP contribution >= 0.6 is 0 Å². The van der Waals surface area contributed by atoms with Crippen molar-refractivity contribution in [2.24, 2.45) is 5.92 Å². The largest absolute Gasteiger partial charge is 0.497 e. The number of benzene rings is 3. The molecule has 0 aromatic heterocycles. The average Bonchev–Trinajstić information content (AvgIpc) is 2.92. The summed E-state index contributed by atoms with van der Waals surface area (Å²) in [5, 5.41) is 2.90. The Bertz CT molecular complexity index is 1450. The van der Waals surface area contributed by atoms with Crippen molar-refractivity contribution in [3.8, 4) is 5.75 Å². The highest BCUT2D eigenvalue weighted by Gasteiger charge is 2.32. The molecule has 9 heteroatoms. The molecule has 0 saturated heterocycles. The predicted octanol–water partition coefficient (Wildman–Crippen LogP) is 5.01. The number of aryl methyl sites for hydroxylation is 3. The second-order valence-electron chi connectivity index (χ2n) is 10.9. The van der Waals surface area contributed by atoms with Gasteiger partial charge < -0.3 is 15.0 Å². The first-order valence-electron chi connectivity index (χ1n) is 13.7. The summed E-state index contributed by atoms with van der Waals surface area (Å²) in [5.74, 6) is 0.0307. The van der Waals surface area contributed by atoms with Gasteiger partial charge in [-0.25, -0.2) is 8.42 Å². The van der Waals surface area contributed by atoms with Crippen LogP contribution in [0, 0.1) is 26.7 Å². The zero-order valence-corrected chi connectivity index (χ0v) is 25.8. The van der Waals surface area contributed by atoms with Crippen molar-refractivity contribution in [3.05, 3.63) is 89.0 Å². The van der Waals surface area contributed by atoms with E-state index in [0.717, 1.165) is 26.6 Å². The maximum absolute atomic E-state index is 14.1. The third-order valence-electron chi connectivity index (χ3n) is 6.72. The smallest absolute Gasteiger partial charge is 0.264 e. The second kappa shape index (κ2) is 13.7. The number of amides is 2. The van der Waals surface area contributed by atoms with E-state index in [-0.39, 0.29) is 23.3 Å². The summed E-state index contributed by atoms with van der Waals surface area (Å²) in [6, 6.07) is 18.4. The molecule has 3 rings (SSSR count). The van der Waals surface area contributed by atoms with Crippen molar-refractivity contribution in [3.63, 3.8) is 0 Å². The van der Waals surface area contributed by atoms with Crippen LogP contribution in [0.3, 0.4) is 0 Å². The molecular formula is C32H41N3O5S. The Hall–Kier alpha value is -3.85. The number of nitrogens with one attached hydrogen (secondary N) is 1. The average molecular weight is 580 g/mol. The molecule has 8 nitrogen and oxygen atoms in total. The van der Waals surface area contributed by atoms with E-state index in [2.05, 4.69) is 5.32 Å². The lowest BCUT2D eigenvalue weighted by Crippen LogP contribution is -2.51. The van der Waals surface area contributed by atoms with Gasteiger partial charge in [-0.1, -0.05) is 49.7 Å². The monoisotopic (exact) mass is 579 g/mol. The van der Waals surface area contributed by atoms with Crippen molar-refractivity contribution in [2.75, 3.05) is 24.5 Å². The molecule has 3 aromatic carbocycles. The minimum atomic E-state index is -4.12. The number of anilines is 1. The molecule has 0 saturated carbocycles. The number of carbonyl (C=O) groups excluding carboxylic acids is 2. The van der Waals surface area contributed by atoms with Crippen molar-refractivity contribution < 1.29 is 22.7 Å². The van der Waals surface area contributed by atoms with Crippen LogP contribution in [0.15, 0.2) is 71.6 Å². The number of rotatable bonds is 12. The van der Waals surface area contributed by atoms with E-state index < -0.39 is 28.5 Å². The molecule has 0 aliphatic carbocycles. The fourth-order valence-electron chi connectivity index (χ4n) is 4.46. The molecule has 0 heterocycles. The van der Waals surface area contributed by atoms with E-state index in [0.29, 0.717) is 18.0 Å². The highest BCUT2D eigenvalue weighted by atomic mass is 32.2. The molecular weight excluding hydrogens is 538 g/mol. The Kier molecular flexibility index (Phi) is 10.6. The number of hydrogen-bond donors (Lipinski definition) is 1. The van der Waals surface area contributed by atoms with E-state index in [1.807, 2.05) is 52.8 Å². The van der Waals surface area contributed by atoms with Gasteiger partial charge in [-0.05, 0) is 86.7 Å². The summed E-state index contributed by atoms with van der Waals surface area (Å²) in [7, 11) is -2.56. The van der Waals surface area contributed by atoms with Crippen LogP contribution in [0.1, 0.15) is 43.0 Å². The SMILES string of the molecule is COc1cccc(CN(C(=O)CN(c2cc(C)cc(C)c2)S(=O)(=O)c2ccc(C)cc2)C(C)C(=O)NCC(C)C)c1. The van der Waals surface area contributed by atoms with Crippen molar-refractivity contribution in [1.29, 1.82) is 0 Å². The van der Waals surface area contributed by atoms with Gasteiger partial charge in [0.25, 0.3) is 10.0 Å². The molecule has 1 N–H and O–H groups in total.